The van der Waals surface area contributed by atoms with Crippen LogP contribution in [-0.4, -0.2) is 6.04 Å². The average Bonchev–Trinajstić information content (AvgIpc) is 2.51. The van der Waals surface area contributed by atoms with E-state index in [1.54, 1.807) is 0 Å². The van der Waals surface area contributed by atoms with Gasteiger partial charge in [-0.25, -0.2) is 0 Å². The molecule has 114 valence electrons. The molecule has 0 aliphatic heterocycles. The smallest absolute Gasteiger partial charge is 0.0658 e. The lowest BCUT2D eigenvalue weighted by molar-refractivity contribution is 0.709. The third kappa shape index (κ3) is 2.61. The summed E-state index contributed by atoms with van der Waals surface area (Å²) in [5, 5.41) is 3.57. The molecule has 2 nitrogen and oxygen atoms in total. The first-order valence-corrected chi connectivity index (χ1v) is 8.01. The van der Waals surface area contributed by atoms with Gasteiger partial charge in [0.05, 0.1) is 11.4 Å². The van der Waals surface area contributed by atoms with Crippen LogP contribution in [0.15, 0.2) is 48.5 Å². The second-order valence-electron chi connectivity index (χ2n) is 6.44. The number of benzene rings is 2. The minimum absolute atomic E-state index is 0.339. The van der Waals surface area contributed by atoms with E-state index in [2.05, 4.69) is 74.6 Å². The number of hydrogen-bond donors (Lipinski definition) is 2. The highest BCUT2D eigenvalue weighted by Crippen LogP contribution is 2.35. The largest absolute Gasteiger partial charge is 0.397 e. The maximum Gasteiger partial charge on any atom is 0.0658 e. The van der Waals surface area contributed by atoms with Gasteiger partial charge in [0.2, 0.25) is 0 Å². The molecule has 2 aromatic rings. The minimum atomic E-state index is 0.339. The van der Waals surface area contributed by atoms with Crippen LogP contribution >= 0.6 is 0 Å². The molecule has 0 heterocycles. The van der Waals surface area contributed by atoms with Crippen molar-refractivity contribution < 1.29 is 0 Å². The van der Waals surface area contributed by atoms with E-state index in [-0.39, 0.29) is 0 Å². The zero-order valence-electron chi connectivity index (χ0n) is 13.6. The summed E-state index contributed by atoms with van der Waals surface area (Å²) in [5.41, 5.74) is 13.6. The quantitative estimate of drug-likeness (QED) is 0.873. The Morgan fingerprint density at radius 1 is 1.00 bits per heavy atom. The van der Waals surface area contributed by atoms with Gasteiger partial charge in [-0.05, 0) is 37.3 Å². The maximum absolute atomic E-state index is 6.60. The predicted molar refractivity (Wildman–Crippen MR) is 94.3 cm³/mol. The lowest BCUT2D eigenvalue weighted by Gasteiger charge is -2.26. The molecule has 1 aliphatic rings. The van der Waals surface area contributed by atoms with E-state index >= 15 is 0 Å². The van der Waals surface area contributed by atoms with Gasteiger partial charge in [-0.1, -0.05) is 55.5 Å². The number of fused-ring (bicyclic) bond motifs is 2. The van der Waals surface area contributed by atoms with Gasteiger partial charge in [-0.15, -0.1) is 0 Å². The van der Waals surface area contributed by atoms with E-state index < -0.39 is 0 Å². The van der Waals surface area contributed by atoms with Crippen LogP contribution in [0.25, 0.3) is 11.4 Å². The molecule has 3 N–H and O–H groups in total. The molecular weight excluding hydrogens is 268 g/mol. The Balaban J connectivity index is 2.28. The lowest BCUT2D eigenvalue weighted by Crippen LogP contribution is -2.26. The van der Waals surface area contributed by atoms with E-state index in [4.69, 9.17) is 5.73 Å². The van der Waals surface area contributed by atoms with Gasteiger partial charge < -0.3 is 11.1 Å². The normalized spacial score (nSPS) is 20.8. The van der Waals surface area contributed by atoms with Gasteiger partial charge in [0.15, 0.2) is 0 Å². The summed E-state index contributed by atoms with van der Waals surface area (Å²) in [6, 6.07) is 17.4. The molecule has 0 spiro atoms. The maximum atomic E-state index is 6.60. The average molecular weight is 292 g/mol. The van der Waals surface area contributed by atoms with Gasteiger partial charge in [0.1, 0.15) is 0 Å². The van der Waals surface area contributed by atoms with E-state index in [1.165, 1.54) is 16.7 Å². The van der Waals surface area contributed by atoms with Crippen LogP contribution in [0.5, 0.6) is 0 Å². The van der Waals surface area contributed by atoms with Crippen molar-refractivity contribution in [2.24, 2.45) is 5.73 Å². The van der Waals surface area contributed by atoms with Crippen molar-refractivity contribution in [2.45, 2.75) is 39.2 Å². The topological polar surface area (TPSA) is 38.0 Å². The van der Waals surface area contributed by atoms with Crippen LogP contribution in [0.3, 0.4) is 0 Å². The lowest BCUT2D eigenvalue weighted by atomic mass is 9.83. The van der Waals surface area contributed by atoms with Crippen LogP contribution in [0.4, 0.5) is 0 Å². The second kappa shape index (κ2) is 5.88. The van der Waals surface area contributed by atoms with Crippen molar-refractivity contribution in [3.63, 3.8) is 0 Å². The standard InChI is InChI=1S/C20H24N2/c1-13(2)22-20-17-10-5-4-8-15(17)12-14(3)16-9-6-7-11-18(16)19(20)21/h4-11,13-14,22H,12,21H2,1-3H3/b20-19-. The Hall–Kier alpha value is -2.22. The Morgan fingerprint density at radius 2 is 1.64 bits per heavy atom. The highest BCUT2D eigenvalue weighted by atomic mass is 14.9. The molecule has 1 unspecified atom stereocenters. The number of nitrogens with one attached hydrogen (secondary N) is 1. The fourth-order valence-electron chi connectivity index (χ4n) is 3.28. The highest BCUT2D eigenvalue weighted by molar-refractivity contribution is 5.90. The van der Waals surface area contributed by atoms with Crippen molar-refractivity contribution in [1.29, 1.82) is 0 Å². The summed E-state index contributed by atoms with van der Waals surface area (Å²) in [6.45, 7) is 6.58. The first-order chi connectivity index (χ1) is 10.6. The van der Waals surface area contributed by atoms with Crippen molar-refractivity contribution in [2.75, 3.05) is 0 Å². The van der Waals surface area contributed by atoms with E-state index in [0.29, 0.717) is 12.0 Å². The van der Waals surface area contributed by atoms with Gasteiger partial charge >= 0.3 is 0 Å². The van der Waals surface area contributed by atoms with Gasteiger partial charge in [-0.3, -0.25) is 0 Å². The zero-order chi connectivity index (χ0) is 15.7. The van der Waals surface area contributed by atoms with Crippen molar-refractivity contribution in [1.82, 2.24) is 5.32 Å². The summed E-state index contributed by atoms with van der Waals surface area (Å²) in [6.07, 6.45) is 1.03. The second-order valence-corrected chi connectivity index (χ2v) is 6.44. The van der Waals surface area contributed by atoms with Crippen LogP contribution in [0.1, 0.15) is 48.9 Å². The summed E-state index contributed by atoms with van der Waals surface area (Å²) < 4.78 is 0. The van der Waals surface area contributed by atoms with Crippen LogP contribution in [0, 0.1) is 0 Å². The Labute approximate surface area is 133 Å². The fourth-order valence-corrected chi connectivity index (χ4v) is 3.28. The number of hydrogen-bond acceptors (Lipinski definition) is 2. The summed E-state index contributed by atoms with van der Waals surface area (Å²) in [7, 11) is 0. The third-order valence-electron chi connectivity index (χ3n) is 4.30. The van der Waals surface area contributed by atoms with E-state index in [9.17, 15) is 0 Å². The molecule has 2 heteroatoms. The van der Waals surface area contributed by atoms with Crippen LogP contribution in [-0.2, 0) is 6.42 Å². The molecule has 0 fully saturated rings. The van der Waals surface area contributed by atoms with Crippen molar-refractivity contribution >= 4 is 11.4 Å². The number of nitrogens with two attached hydrogens (primary N) is 1. The third-order valence-corrected chi connectivity index (χ3v) is 4.30. The molecule has 3 rings (SSSR count). The van der Waals surface area contributed by atoms with Gasteiger partial charge in [0.25, 0.3) is 0 Å². The van der Waals surface area contributed by atoms with E-state index in [1.807, 2.05) is 0 Å². The molecule has 0 aromatic heterocycles. The first-order valence-electron chi connectivity index (χ1n) is 8.01. The van der Waals surface area contributed by atoms with Gasteiger partial charge in [0, 0.05) is 17.2 Å². The molecule has 1 atom stereocenters. The Bertz CT molecular complexity index is 713. The molecule has 0 saturated carbocycles. The minimum Gasteiger partial charge on any atom is -0.397 e. The van der Waals surface area contributed by atoms with Crippen molar-refractivity contribution in [3.8, 4) is 0 Å². The first kappa shape index (κ1) is 14.7. The summed E-state index contributed by atoms with van der Waals surface area (Å²) >= 11 is 0. The van der Waals surface area contributed by atoms with Crippen molar-refractivity contribution in [3.05, 3.63) is 70.8 Å². The van der Waals surface area contributed by atoms with Crippen LogP contribution < -0.4 is 11.1 Å². The molecular formula is C20H24N2. The highest BCUT2D eigenvalue weighted by Gasteiger charge is 2.22. The molecule has 22 heavy (non-hydrogen) atoms. The summed E-state index contributed by atoms with van der Waals surface area (Å²) in [4.78, 5) is 0. The van der Waals surface area contributed by atoms with E-state index in [0.717, 1.165) is 23.4 Å². The Kier molecular flexibility index (Phi) is 3.93. The molecule has 0 radical (unpaired) electrons. The molecule has 0 saturated heterocycles. The summed E-state index contributed by atoms with van der Waals surface area (Å²) in [5.74, 6) is 0.455. The molecule has 0 amide bonds. The monoisotopic (exact) mass is 292 g/mol. The predicted octanol–water partition coefficient (Wildman–Crippen LogP) is 4.13. The van der Waals surface area contributed by atoms with Gasteiger partial charge in [-0.2, -0.15) is 0 Å². The SMILES string of the molecule is CC(C)N/C1=C(\N)c2ccccc2C(C)Cc2ccccc21. The molecule has 0 bridgehead atoms. The molecule has 1 aliphatic carbocycles. The fraction of sp³-hybridized carbons (Fsp3) is 0.300. The zero-order valence-corrected chi connectivity index (χ0v) is 13.6. The molecule has 2 aromatic carbocycles. The Morgan fingerprint density at radius 3 is 2.36 bits per heavy atom. The van der Waals surface area contributed by atoms with Crippen LogP contribution in [0.2, 0.25) is 0 Å². The number of rotatable bonds is 2.